The van der Waals surface area contributed by atoms with Gasteiger partial charge in [0.15, 0.2) is 0 Å². The van der Waals surface area contributed by atoms with Crippen LogP contribution in [0.15, 0.2) is 42.7 Å². The first-order valence-electron chi connectivity index (χ1n) is 8.02. The Labute approximate surface area is 170 Å². The molecule has 144 valence electrons. The average Bonchev–Trinajstić information content (AvgIpc) is 2.65. The summed E-state index contributed by atoms with van der Waals surface area (Å²) >= 11 is 11.9. The molecule has 0 aliphatic carbocycles. The zero-order chi connectivity index (χ0) is 20.3. The number of nitrogens with zero attached hydrogens (tertiary/aromatic N) is 3. The number of aromatic nitrogens is 2. The largest absolute Gasteiger partial charge is 0.495 e. The number of halogens is 2. The number of nitrogens with one attached hydrogen (secondary N) is 2. The number of methoxy groups -OCH3 is 1. The van der Waals surface area contributed by atoms with Crippen LogP contribution in [0.1, 0.15) is 5.56 Å². The van der Waals surface area contributed by atoms with Crippen LogP contribution in [0.25, 0.3) is 0 Å². The molecule has 3 rings (SSSR count). The summed E-state index contributed by atoms with van der Waals surface area (Å²) in [5, 5.41) is 18.3. The molecule has 10 heteroatoms. The van der Waals surface area contributed by atoms with Crippen LogP contribution in [-0.2, 0) is 0 Å². The van der Waals surface area contributed by atoms with E-state index < -0.39 is 4.92 Å². The van der Waals surface area contributed by atoms with E-state index in [-0.39, 0.29) is 17.3 Å². The Hall–Kier alpha value is -3.10. The van der Waals surface area contributed by atoms with Gasteiger partial charge in [-0.1, -0.05) is 29.3 Å². The van der Waals surface area contributed by atoms with Gasteiger partial charge in [-0.25, -0.2) is 9.97 Å². The number of rotatable bonds is 6. The fraction of sp³-hybridized carbons (Fsp3) is 0.111. The van der Waals surface area contributed by atoms with Gasteiger partial charge in [-0.15, -0.1) is 0 Å². The summed E-state index contributed by atoms with van der Waals surface area (Å²) in [6.07, 6.45) is 1.22. The highest BCUT2D eigenvalue weighted by Gasteiger charge is 2.24. The number of aryl methyl sites for hydroxylation is 1. The number of nitro groups is 1. The smallest absolute Gasteiger partial charge is 0.353 e. The van der Waals surface area contributed by atoms with Gasteiger partial charge < -0.3 is 15.4 Å². The van der Waals surface area contributed by atoms with Crippen LogP contribution in [0.4, 0.5) is 28.7 Å². The molecule has 0 atom stereocenters. The molecule has 0 fully saturated rings. The third-order valence-corrected chi connectivity index (χ3v) is 4.53. The molecular weight excluding hydrogens is 405 g/mol. The van der Waals surface area contributed by atoms with Gasteiger partial charge in [0.2, 0.25) is 11.6 Å². The van der Waals surface area contributed by atoms with Crippen molar-refractivity contribution in [2.75, 3.05) is 17.7 Å². The van der Waals surface area contributed by atoms with E-state index in [9.17, 15) is 10.1 Å². The van der Waals surface area contributed by atoms with Gasteiger partial charge in [0.05, 0.1) is 27.8 Å². The first-order valence-corrected chi connectivity index (χ1v) is 8.77. The predicted molar refractivity (Wildman–Crippen MR) is 109 cm³/mol. The average molecular weight is 420 g/mol. The van der Waals surface area contributed by atoms with Gasteiger partial charge >= 0.3 is 5.69 Å². The molecule has 2 aromatic carbocycles. The molecular formula is C18H15Cl2N5O3. The van der Waals surface area contributed by atoms with Crippen molar-refractivity contribution in [3.63, 3.8) is 0 Å². The monoisotopic (exact) mass is 419 g/mol. The Morgan fingerprint density at radius 1 is 1.04 bits per heavy atom. The number of hydrogen-bond acceptors (Lipinski definition) is 7. The van der Waals surface area contributed by atoms with Crippen molar-refractivity contribution in [1.82, 2.24) is 9.97 Å². The van der Waals surface area contributed by atoms with Crippen LogP contribution in [-0.4, -0.2) is 22.0 Å². The molecule has 0 bridgehead atoms. The van der Waals surface area contributed by atoms with Crippen molar-refractivity contribution in [3.05, 3.63) is 68.4 Å². The summed E-state index contributed by atoms with van der Waals surface area (Å²) in [4.78, 5) is 19.2. The molecule has 3 aromatic rings. The van der Waals surface area contributed by atoms with E-state index in [0.29, 0.717) is 27.2 Å². The van der Waals surface area contributed by atoms with Crippen molar-refractivity contribution in [3.8, 4) is 5.75 Å². The lowest BCUT2D eigenvalue weighted by molar-refractivity contribution is -0.383. The third-order valence-electron chi connectivity index (χ3n) is 3.80. The normalized spacial score (nSPS) is 10.4. The maximum absolute atomic E-state index is 11.7. The molecule has 0 aliphatic rings. The van der Waals surface area contributed by atoms with Crippen molar-refractivity contribution < 1.29 is 9.66 Å². The van der Waals surface area contributed by atoms with Gasteiger partial charge in [0.25, 0.3) is 0 Å². The topological polar surface area (TPSA) is 102 Å². The fourth-order valence-corrected chi connectivity index (χ4v) is 2.79. The van der Waals surface area contributed by atoms with Gasteiger partial charge in [-0.05, 0) is 42.8 Å². The van der Waals surface area contributed by atoms with E-state index in [0.717, 1.165) is 5.56 Å². The second-order valence-corrected chi connectivity index (χ2v) is 6.57. The summed E-state index contributed by atoms with van der Waals surface area (Å²) in [6, 6.07) is 10.2. The summed E-state index contributed by atoms with van der Waals surface area (Å²) in [5.41, 5.74) is 1.67. The lowest BCUT2D eigenvalue weighted by Crippen LogP contribution is -2.06. The van der Waals surface area contributed by atoms with E-state index in [1.54, 1.807) is 30.3 Å². The Kier molecular flexibility index (Phi) is 5.81. The van der Waals surface area contributed by atoms with Crippen LogP contribution in [0.3, 0.4) is 0 Å². The van der Waals surface area contributed by atoms with E-state index >= 15 is 0 Å². The summed E-state index contributed by atoms with van der Waals surface area (Å²) in [7, 11) is 1.52. The predicted octanol–water partition coefficient (Wildman–Crippen LogP) is 5.50. The number of hydrogen-bond donors (Lipinski definition) is 2. The second-order valence-electron chi connectivity index (χ2n) is 5.76. The number of ether oxygens (including phenoxy) is 1. The van der Waals surface area contributed by atoms with Crippen molar-refractivity contribution in [2.24, 2.45) is 0 Å². The summed E-state index contributed by atoms with van der Waals surface area (Å²) in [5.74, 6) is 0.552. The molecule has 0 saturated carbocycles. The Balaban J connectivity index is 2.01. The lowest BCUT2D eigenvalue weighted by atomic mass is 10.2. The Bertz CT molecular complexity index is 1050. The molecule has 1 heterocycles. The van der Waals surface area contributed by atoms with Crippen LogP contribution in [0.2, 0.25) is 10.0 Å². The highest BCUT2D eigenvalue weighted by molar-refractivity contribution is 6.42. The van der Waals surface area contributed by atoms with Crippen LogP contribution < -0.4 is 15.4 Å². The van der Waals surface area contributed by atoms with Crippen LogP contribution in [0, 0.1) is 17.0 Å². The molecule has 0 amide bonds. The SMILES string of the molecule is COc1ccc(C)cc1Nc1ncnc(Nc2ccc(Cl)c(Cl)c2)c1[N+](=O)[O-]. The molecule has 2 N–H and O–H groups in total. The molecule has 0 spiro atoms. The van der Waals surface area contributed by atoms with Crippen molar-refractivity contribution >= 4 is 51.9 Å². The maximum atomic E-state index is 11.7. The van der Waals surface area contributed by atoms with Gasteiger partial charge in [-0.2, -0.15) is 0 Å². The highest BCUT2D eigenvalue weighted by Crippen LogP contribution is 2.36. The van der Waals surface area contributed by atoms with E-state index in [4.69, 9.17) is 27.9 Å². The van der Waals surface area contributed by atoms with Gasteiger partial charge in [-0.3, -0.25) is 10.1 Å². The Morgan fingerprint density at radius 3 is 2.39 bits per heavy atom. The highest BCUT2D eigenvalue weighted by atomic mass is 35.5. The van der Waals surface area contributed by atoms with Crippen LogP contribution in [0.5, 0.6) is 5.75 Å². The van der Waals surface area contributed by atoms with E-state index in [1.807, 2.05) is 13.0 Å². The minimum Gasteiger partial charge on any atom is -0.495 e. The maximum Gasteiger partial charge on any atom is 0.353 e. The molecule has 8 nitrogen and oxygen atoms in total. The minimum atomic E-state index is -0.565. The number of benzene rings is 2. The van der Waals surface area contributed by atoms with Gasteiger partial charge in [0, 0.05) is 5.69 Å². The quantitative estimate of drug-likeness (QED) is 0.401. The zero-order valence-corrected chi connectivity index (χ0v) is 16.4. The first-order chi connectivity index (χ1) is 13.4. The minimum absolute atomic E-state index is 0.00695. The standard InChI is InChI=1S/C18H15Cl2N5O3/c1-10-3-6-15(28-2)14(7-10)24-18-16(25(26)27)17(21-9-22-18)23-11-4-5-12(19)13(20)8-11/h3-9H,1-2H3,(H2,21,22,23,24). The number of anilines is 4. The summed E-state index contributed by atoms with van der Waals surface area (Å²) < 4.78 is 5.30. The second kappa shape index (κ2) is 8.28. The molecule has 0 unspecified atom stereocenters. The zero-order valence-electron chi connectivity index (χ0n) is 14.9. The Morgan fingerprint density at radius 2 is 1.75 bits per heavy atom. The van der Waals surface area contributed by atoms with Crippen molar-refractivity contribution in [2.45, 2.75) is 6.92 Å². The fourth-order valence-electron chi connectivity index (χ4n) is 2.49. The summed E-state index contributed by atoms with van der Waals surface area (Å²) in [6.45, 7) is 1.90. The molecule has 0 radical (unpaired) electrons. The lowest BCUT2D eigenvalue weighted by Gasteiger charge is -2.13. The first kappa shape index (κ1) is 19.7. The third kappa shape index (κ3) is 4.24. The van der Waals surface area contributed by atoms with Gasteiger partial charge in [0.1, 0.15) is 12.1 Å². The molecule has 28 heavy (non-hydrogen) atoms. The molecule has 1 aromatic heterocycles. The van der Waals surface area contributed by atoms with E-state index in [2.05, 4.69) is 20.6 Å². The van der Waals surface area contributed by atoms with Crippen molar-refractivity contribution in [1.29, 1.82) is 0 Å². The molecule has 0 saturated heterocycles. The molecule has 0 aliphatic heterocycles. The van der Waals surface area contributed by atoms with E-state index in [1.165, 1.54) is 13.4 Å². The van der Waals surface area contributed by atoms with Crippen LogP contribution >= 0.6 is 23.2 Å².